The minimum atomic E-state index is -1.35. The Balaban J connectivity index is 3.88. The zero-order chi connectivity index (χ0) is 12.7. The molecular weight excluding hydrogens is 216 g/mol. The quantitative estimate of drug-likeness (QED) is 0.468. The number of Topliss-reactive ketones (excluding diaryl/α,β-unsaturated/α-hetero) is 1. The second-order valence-corrected chi connectivity index (χ2v) is 3.27. The Kier molecular flexibility index (Phi) is 6.02. The number of carbonyl (C=O) groups excluding carboxylic acids is 2. The highest BCUT2D eigenvalue weighted by molar-refractivity contribution is 5.88. The number of aliphatic carboxylic acids is 1. The zero-order valence-electron chi connectivity index (χ0n) is 8.93. The first kappa shape index (κ1) is 14.3. The summed E-state index contributed by atoms with van der Waals surface area (Å²) in [4.78, 5) is 32.1. The Hall–Kier alpha value is -1.69. The van der Waals surface area contributed by atoms with Crippen LogP contribution in [0.25, 0.3) is 0 Å². The molecule has 0 saturated carbocycles. The van der Waals surface area contributed by atoms with Gasteiger partial charge in [-0.15, -0.1) is 0 Å². The first-order valence-electron chi connectivity index (χ1n) is 4.58. The molecule has 0 radical (unpaired) electrons. The molecule has 90 valence electrons. The fraction of sp³-hybridized carbons (Fsp3) is 0.500. The summed E-state index contributed by atoms with van der Waals surface area (Å²) < 4.78 is 4.47. The summed E-state index contributed by atoms with van der Waals surface area (Å²) >= 11 is 0. The Morgan fingerprint density at radius 2 is 1.88 bits per heavy atom. The van der Waals surface area contributed by atoms with Crippen LogP contribution in [-0.4, -0.2) is 40.6 Å². The van der Waals surface area contributed by atoms with Crippen LogP contribution in [0.3, 0.4) is 0 Å². The van der Waals surface area contributed by atoms with Gasteiger partial charge in [-0.1, -0.05) is 6.58 Å². The Morgan fingerprint density at radius 3 is 2.31 bits per heavy atom. The maximum atomic E-state index is 11.1. The molecule has 0 rings (SSSR count). The van der Waals surface area contributed by atoms with Crippen molar-refractivity contribution in [3.63, 3.8) is 0 Å². The third-order valence-electron chi connectivity index (χ3n) is 1.69. The number of carbonyl (C=O) groups is 3. The van der Waals surface area contributed by atoms with Gasteiger partial charge in [0.05, 0.1) is 12.8 Å². The van der Waals surface area contributed by atoms with Crippen molar-refractivity contribution in [2.45, 2.75) is 25.9 Å². The van der Waals surface area contributed by atoms with Gasteiger partial charge in [0.2, 0.25) is 5.78 Å². The number of aliphatic hydroxyl groups excluding tert-OH is 1. The van der Waals surface area contributed by atoms with E-state index in [-0.39, 0.29) is 18.4 Å². The molecular formula is C10H14O6. The molecule has 0 aliphatic carbocycles. The predicted octanol–water partition coefficient (Wildman–Crippen LogP) is -0.0995. The fourth-order valence-electron chi connectivity index (χ4n) is 0.787. The van der Waals surface area contributed by atoms with E-state index in [1.807, 2.05) is 0 Å². The van der Waals surface area contributed by atoms with Gasteiger partial charge in [0.15, 0.2) is 6.61 Å². The fourth-order valence-corrected chi connectivity index (χ4v) is 0.787. The van der Waals surface area contributed by atoms with Gasteiger partial charge in [0.25, 0.3) is 0 Å². The smallest absolute Gasteiger partial charge is 0.306 e. The lowest BCUT2D eigenvalue weighted by molar-refractivity contribution is -0.151. The topological polar surface area (TPSA) is 101 Å². The van der Waals surface area contributed by atoms with E-state index in [0.717, 1.165) is 0 Å². The summed E-state index contributed by atoms with van der Waals surface area (Å²) in [5, 5.41) is 17.5. The van der Waals surface area contributed by atoms with Gasteiger partial charge in [-0.05, 0) is 12.5 Å². The van der Waals surface area contributed by atoms with Gasteiger partial charge < -0.3 is 14.9 Å². The standard InChI is InChI=1S/C10H14O6/c1-6(2)10(15)7(11)5-16-9(14)4-3-8(12)13/h10,15H,1,3-5H2,2H3,(H,12,13). The van der Waals surface area contributed by atoms with Crippen LogP contribution in [0.1, 0.15) is 19.8 Å². The highest BCUT2D eigenvalue weighted by Gasteiger charge is 2.17. The van der Waals surface area contributed by atoms with Gasteiger partial charge in [-0.2, -0.15) is 0 Å². The average Bonchev–Trinajstić information content (AvgIpc) is 2.21. The second-order valence-electron chi connectivity index (χ2n) is 3.27. The number of hydrogen-bond acceptors (Lipinski definition) is 5. The first-order chi connectivity index (χ1) is 7.34. The molecule has 0 aliphatic heterocycles. The Morgan fingerprint density at radius 1 is 1.31 bits per heavy atom. The molecule has 0 aromatic carbocycles. The molecule has 0 bridgehead atoms. The largest absolute Gasteiger partial charge is 0.481 e. The summed E-state index contributed by atoms with van der Waals surface area (Å²) in [5.41, 5.74) is 0.256. The number of rotatable bonds is 7. The lowest BCUT2D eigenvalue weighted by atomic mass is 10.1. The van der Waals surface area contributed by atoms with Crippen molar-refractivity contribution in [2.75, 3.05) is 6.61 Å². The number of aliphatic hydroxyl groups is 1. The van der Waals surface area contributed by atoms with E-state index >= 15 is 0 Å². The van der Waals surface area contributed by atoms with Crippen molar-refractivity contribution < 1.29 is 29.3 Å². The molecule has 1 unspecified atom stereocenters. The van der Waals surface area contributed by atoms with Crippen molar-refractivity contribution in [3.05, 3.63) is 12.2 Å². The minimum absolute atomic E-state index is 0.256. The van der Waals surface area contributed by atoms with Gasteiger partial charge in [0.1, 0.15) is 6.10 Å². The second kappa shape index (κ2) is 6.73. The van der Waals surface area contributed by atoms with Crippen LogP contribution in [0.15, 0.2) is 12.2 Å². The third kappa shape index (κ3) is 5.92. The number of ether oxygens (including phenoxy) is 1. The zero-order valence-corrected chi connectivity index (χ0v) is 8.93. The molecule has 6 nitrogen and oxygen atoms in total. The number of carboxylic acid groups (broad SMARTS) is 1. The van der Waals surface area contributed by atoms with Crippen LogP contribution >= 0.6 is 0 Å². The molecule has 0 heterocycles. The summed E-state index contributed by atoms with van der Waals surface area (Å²) in [6, 6.07) is 0. The van der Waals surface area contributed by atoms with Crippen LogP contribution in [0.2, 0.25) is 0 Å². The summed E-state index contributed by atoms with van der Waals surface area (Å²) in [6.07, 6.45) is -2.01. The van der Waals surface area contributed by atoms with Crippen LogP contribution in [0.5, 0.6) is 0 Å². The molecule has 0 aliphatic rings. The highest BCUT2D eigenvalue weighted by Crippen LogP contribution is 2.00. The molecule has 0 aromatic rings. The van der Waals surface area contributed by atoms with Gasteiger partial charge in [-0.25, -0.2) is 0 Å². The summed E-state index contributed by atoms with van der Waals surface area (Å²) in [5.74, 6) is -2.59. The van der Waals surface area contributed by atoms with Crippen LogP contribution in [0, 0.1) is 0 Å². The van der Waals surface area contributed by atoms with E-state index in [9.17, 15) is 19.5 Å². The molecule has 16 heavy (non-hydrogen) atoms. The lowest BCUT2D eigenvalue weighted by Gasteiger charge is -2.09. The van der Waals surface area contributed by atoms with Crippen LogP contribution in [0.4, 0.5) is 0 Å². The number of carboxylic acids is 1. The number of ketones is 1. The molecule has 0 amide bonds. The normalized spacial score (nSPS) is 11.6. The number of esters is 1. The Bertz CT molecular complexity index is 306. The Labute approximate surface area is 92.5 Å². The molecule has 0 aromatic heterocycles. The molecule has 2 N–H and O–H groups in total. The van der Waals surface area contributed by atoms with Crippen molar-refractivity contribution in [1.29, 1.82) is 0 Å². The van der Waals surface area contributed by atoms with Crippen molar-refractivity contribution in [3.8, 4) is 0 Å². The van der Waals surface area contributed by atoms with E-state index in [0.29, 0.717) is 0 Å². The monoisotopic (exact) mass is 230 g/mol. The van der Waals surface area contributed by atoms with E-state index < -0.39 is 30.4 Å². The maximum Gasteiger partial charge on any atom is 0.306 e. The molecule has 6 heteroatoms. The SMILES string of the molecule is C=C(C)C(O)C(=O)COC(=O)CCC(=O)O. The third-order valence-corrected chi connectivity index (χ3v) is 1.69. The van der Waals surface area contributed by atoms with Gasteiger partial charge >= 0.3 is 11.9 Å². The van der Waals surface area contributed by atoms with Crippen molar-refractivity contribution >= 4 is 17.7 Å². The molecule has 1 atom stereocenters. The van der Waals surface area contributed by atoms with Crippen LogP contribution < -0.4 is 0 Å². The van der Waals surface area contributed by atoms with E-state index in [1.54, 1.807) is 0 Å². The van der Waals surface area contributed by atoms with Crippen LogP contribution in [-0.2, 0) is 19.1 Å². The summed E-state index contributed by atoms with van der Waals surface area (Å²) in [7, 11) is 0. The predicted molar refractivity (Wildman–Crippen MR) is 53.7 cm³/mol. The summed E-state index contributed by atoms with van der Waals surface area (Å²) in [6.45, 7) is 4.26. The van der Waals surface area contributed by atoms with Crippen molar-refractivity contribution in [1.82, 2.24) is 0 Å². The minimum Gasteiger partial charge on any atom is -0.481 e. The van der Waals surface area contributed by atoms with Crippen molar-refractivity contribution in [2.24, 2.45) is 0 Å². The first-order valence-corrected chi connectivity index (χ1v) is 4.58. The van der Waals surface area contributed by atoms with E-state index in [4.69, 9.17) is 5.11 Å². The maximum absolute atomic E-state index is 11.1. The van der Waals surface area contributed by atoms with Gasteiger partial charge in [-0.3, -0.25) is 14.4 Å². The lowest BCUT2D eigenvalue weighted by Crippen LogP contribution is -2.27. The molecule has 0 saturated heterocycles. The molecule has 0 spiro atoms. The number of hydrogen-bond donors (Lipinski definition) is 2. The average molecular weight is 230 g/mol. The van der Waals surface area contributed by atoms with Gasteiger partial charge in [0, 0.05) is 0 Å². The van der Waals surface area contributed by atoms with E-state index in [2.05, 4.69) is 11.3 Å². The van der Waals surface area contributed by atoms with E-state index in [1.165, 1.54) is 6.92 Å². The highest BCUT2D eigenvalue weighted by atomic mass is 16.5. The molecule has 0 fully saturated rings.